The first kappa shape index (κ1) is 20.0. The highest BCUT2D eigenvalue weighted by atomic mass is 35.5. The molecular formula is C19H15Cl3O5. The van der Waals surface area contributed by atoms with E-state index >= 15 is 0 Å². The Morgan fingerprint density at radius 2 is 1.44 bits per heavy atom. The maximum Gasteiger partial charge on any atom is 0.338 e. The second kappa shape index (κ2) is 8.93. The van der Waals surface area contributed by atoms with Crippen LogP contribution in [0.4, 0.5) is 0 Å². The maximum atomic E-state index is 12.3. The van der Waals surface area contributed by atoms with Crippen LogP contribution in [0.2, 0.25) is 10.0 Å². The number of ether oxygens (including phenoxy) is 3. The van der Waals surface area contributed by atoms with Gasteiger partial charge in [0, 0.05) is 16.5 Å². The molecule has 2 aromatic carbocycles. The minimum Gasteiger partial charge on any atom is -0.459 e. The molecule has 8 heteroatoms. The number of halogens is 3. The van der Waals surface area contributed by atoms with Crippen LogP contribution in [-0.2, 0) is 14.2 Å². The van der Waals surface area contributed by atoms with Gasteiger partial charge in [-0.05, 0) is 48.5 Å². The van der Waals surface area contributed by atoms with Gasteiger partial charge in [0.25, 0.3) is 0 Å². The standard InChI is InChI=1S/C19H15Cl3O5/c20-13-5-1-11(2-6-13)18(23)25-10-16-15(9-17(22)26-16)27-19(24)12-3-7-14(21)8-4-12/h1-8,15-17H,9-10H2/t15-,16+,17?/m1/s1. The lowest BCUT2D eigenvalue weighted by atomic mass is 10.2. The molecule has 0 bridgehead atoms. The molecular weight excluding hydrogens is 415 g/mol. The van der Waals surface area contributed by atoms with E-state index in [0.29, 0.717) is 27.6 Å². The van der Waals surface area contributed by atoms with Gasteiger partial charge in [0.2, 0.25) is 0 Å². The maximum absolute atomic E-state index is 12.3. The third-order valence-electron chi connectivity index (χ3n) is 3.95. The fourth-order valence-corrected chi connectivity index (χ4v) is 3.12. The van der Waals surface area contributed by atoms with Crippen molar-refractivity contribution in [3.63, 3.8) is 0 Å². The third-order valence-corrected chi connectivity index (χ3v) is 4.74. The lowest BCUT2D eigenvalue weighted by Gasteiger charge is -2.19. The number of carbonyl (C=O) groups excluding carboxylic acids is 2. The Morgan fingerprint density at radius 3 is 2.00 bits per heavy atom. The molecule has 3 atom stereocenters. The summed E-state index contributed by atoms with van der Waals surface area (Å²) in [6, 6.07) is 12.6. The largest absolute Gasteiger partial charge is 0.459 e. The van der Waals surface area contributed by atoms with Gasteiger partial charge in [-0.2, -0.15) is 0 Å². The van der Waals surface area contributed by atoms with Gasteiger partial charge in [0.05, 0.1) is 11.1 Å². The van der Waals surface area contributed by atoms with E-state index in [2.05, 4.69) is 0 Å². The van der Waals surface area contributed by atoms with Crippen LogP contribution in [0.15, 0.2) is 48.5 Å². The van der Waals surface area contributed by atoms with Gasteiger partial charge < -0.3 is 14.2 Å². The lowest BCUT2D eigenvalue weighted by Crippen LogP contribution is -2.32. The van der Waals surface area contributed by atoms with E-state index < -0.39 is 29.7 Å². The van der Waals surface area contributed by atoms with E-state index in [1.165, 1.54) is 0 Å². The number of hydrogen-bond acceptors (Lipinski definition) is 5. The molecule has 1 heterocycles. The van der Waals surface area contributed by atoms with E-state index in [0.717, 1.165) is 0 Å². The zero-order valence-electron chi connectivity index (χ0n) is 13.9. The number of alkyl halides is 1. The number of esters is 2. The summed E-state index contributed by atoms with van der Waals surface area (Å²) in [4.78, 5) is 24.4. The van der Waals surface area contributed by atoms with Crippen LogP contribution in [0.5, 0.6) is 0 Å². The SMILES string of the molecule is O=C(OC[C@@H]1OC(Cl)C[C@H]1OC(=O)c1ccc(Cl)cc1)c1ccc(Cl)cc1. The van der Waals surface area contributed by atoms with Gasteiger partial charge in [-0.15, -0.1) is 0 Å². The molecule has 1 aliphatic heterocycles. The van der Waals surface area contributed by atoms with Gasteiger partial charge >= 0.3 is 11.9 Å². The highest BCUT2D eigenvalue weighted by Gasteiger charge is 2.38. The summed E-state index contributed by atoms with van der Waals surface area (Å²) in [6.07, 6.45) is -0.988. The van der Waals surface area contributed by atoms with E-state index in [9.17, 15) is 9.59 Å². The van der Waals surface area contributed by atoms with Gasteiger partial charge in [-0.25, -0.2) is 9.59 Å². The predicted octanol–water partition coefficient (Wildman–Crippen LogP) is 4.73. The van der Waals surface area contributed by atoms with Gasteiger partial charge in [0.1, 0.15) is 24.4 Å². The van der Waals surface area contributed by atoms with Gasteiger partial charge in [0.15, 0.2) is 0 Å². The molecule has 0 saturated carbocycles. The third kappa shape index (κ3) is 5.36. The minimum atomic E-state index is -0.653. The molecule has 27 heavy (non-hydrogen) atoms. The van der Waals surface area contributed by atoms with Crippen LogP contribution in [-0.4, -0.2) is 36.3 Å². The van der Waals surface area contributed by atoms with Crippen LogP contribution in [0.1, 0.15) is 27.1 Å². The number of hydrogen-bond donors (Lipinski definition) is 0. The molecule has 2 aromatic rings. The molecule has 5 nitrogen and oxygen atoms in total. The van der Waals surface area contributed by atoms with Crippen molar-refractivity contribution < 1.29 is 23.8 Å². The summed E-state index contributed by atoms with van der Waals surface area (Å²) in [7, 11) is 0. The number of rotatable bonds is 5. The average Bonchev–Trinajstić information content (AvgIpc) is 3.00. The van der Waals surface area contributed by atoms with E-state index in [1.807, 2.05) is 0 Å². The minimum absolute atomic E-state index is 0.0940. The Kier molecular flexibility index (Phi) is 6.60. The van der Waals surface area contributed by atoms with Crippen molar-refractivity contribution in [2.75, 3.05) is 6.61 Å². The van der Waals surface area contributed by atoms with E-state index in [-0.39, 0.29) is 6.61 Å². The Hall–Kier alpha value is -1.79. The fourth-order valence-electron chi connectivity index (χ4n) is 2.56. The van der Waals surface area contributed by atoms with Crippen LogP contribution in [0.3, 0.4) is 0 Å². The molecule has 0 N–H and O–H groups in total. The Bertz CT molecular complexity index is 807. The van der Waals surface area contributed by atoms with Crippen LogP contribution < -0.4 is 0 Å². The smallest absolute Gasteiger partial charge is 0.338 e. The Morgan fingerprint density at radius 1 is 0.926 bits per heavy atom. The summed E-state index contributed by atoms with van der Waals surface area (Å²) in [5.41, 5.74) is 0.0797. The van der Waals surface area contributed by atoms with Crippen molar-refractivity contribution in [2.45, 2.75) is 24.2 Å². The van der Waals surface area contributed by atoms with Crippen molar-refractivity contribution in [3.8, 4) is 0 Å². The highest BCUT2D eigenvalue weighted by molar-refractivity contribution is 6.31. The summed E-state index contributed by atoms with van der Waals surface area (Å²) in [6.45, 7) is -0.0940. The quantitative estimate of drug-likeness (QED) is 0.508. The van der Waals surface area contributed by atoms with Gasteiger partial charge in [-0.1, -0.05) is 34.8 Å². The summed E-state index contributed by atoms with van der Waals surface area (Å²) in [5, 5.41) is 1.04. The van der Waals surface area contributed by atoms with Crippen molar-refractivity contribution >= 4 is 46.7 Å². The first-order valence-electron chi connectivity index (χ1n) is 8.11. The normalized spacial score (nSPS) is 21.7. The zero-order chi connectivity index (χ0) is 19.4. The number of benzene rings is 2. The molecule has 1 unspecified atom stereocenters. The van der Waals surface area contributed by atoms with Crippen molar-refractivity contribution in [3.05, 3.63) is 69.7 Å². The summed E-state index contributed by atoms with van der Waals surface area (Å²) < 4.78 is 16.2. The molecule has 0 aliphatic carbocycles. The first-order chi connectivity index (χ1) is 12.9. The predicted molar refractivity (Wildman–Crippen MR) is 102 cm³/mol. The summed E-state index contributed by atoms with van der Waals surface area (Å²) in [5.74, 6) is -1.06. The number of carbonyl (C=O) groups is 2. The van der Waals surface area contributed by atoms with Crippen molar-refractivity contribution in [2.24, 2.45) is 0 Å². The zero-order valence-corrected chi connectivity index (χ0v) is 16.2. The van der Waals surface area contributed by atoms with Crippen molar-refractivity contribution in [1.29, 1.82) is 0 Å². The molecule has 3 rings (SSSR count). The Balaban J connectivity index is 1.58. The molecule has 1 saturated heterocycles. The molecule has 1 fully saturated rings. The average molecular weight is 430 g/mol. The monoisotopic (exact) mass is 428 g/mol. The molecule has 0 aromatic heterocycles. The van der Waals surface area contributed by atoms with Crippen LogP contribution >= 0.6 is 34.8 Å². The second-order valence-corrected chi connectivity index (χ2v) is 7.24. The molecule has 142 valence electrons. The van der Waals surface area contributed by atoms with Crippen molar-refractivity contribution in [1.82, 2.24) is 0 Å². The van der Waals surface area contributed by atoms with Crippen LogP contribution in [0.25, 0.3) is 0 Å². The fraction of sp³-hybridized carbons (Fsp3) is 0.263. The van der Waals surface area contributed by atoms with Gasteiger partial charge in [-0.3, -0.25) is 0 Å². The topological polar surface area (TPSA) is 61.8 Å². The Labute approximate surface area is 171 Å². The first-order valence-corrected chi connectivity index (χ1v) is 9.30. The molecule has 0 amide bonds. The van der Waals surface area contributed by atoms with Crippen LogP contribution in [0, 0.1) is 0 Å². The lowest BCUT2D eigenvalue weighted by molar-refractivity contribution is -0.0322. The van der Waals surface area contributed by atoms with E-state index in [1.54, 1.807) is 48.5 Å². The highest BCUT2D eigenvalue weighted by Crippen LogP contribution is 2.27. The summed E-state index contributed by atoms with van der Waals surface area (Å²) >= 11 is 17.6. The van der Waals surface area contributed by atoms with E-state index in [4.69, 9.17) is 49.0 Å². The molecule has 0 spiro atoms. The molecule has 0 radical (unpaired) electrons. The molecule has 1 aliphatic rings. The second-order valence-electron chi connectivity index (χ2n) is 5.88.